The molecular formula is C78H116N29O31P7. The van der Waals surface area contributed by atoms with Crippen molar-refractivity contribution in [3.05, 3.63) is 182 Å². The van der Waals surface area contributed by atoms with Crippen molar-refractivity contribution in [2.24, 2.45) is 0 Å². The van der Waals surface area contributed by atoms with Gasteiger partial charge in [-0.2, -0.15) is 9.97 Å². The predicted octanol–water partition coefficient (Wildman–Crippen LogP) is -0.481. The highest BCUT2D eigenvalue weighted by atomic mass is 31.2. The highest BCUT2D eigenvalue weighted by molar-refractivity contribution is 7.57. The zero-order valence-electron chi connectivity index (χ0n) is 81.1. The van der Waals surface area contributed by atoms with E-state index in [1.54, 1.807) is 27.9 Å². The highest BCUT2D eigenvalue weighted by Crippen LogP contribution is 2.58. The second kappa shape index (κ2) is 43.3. The standard InChI is InChI=1S/C78H116N29O31P7/c1-44-18-102(75(114)90-68(44)108)58-29-96(22-49(134-58)35-125-139(7,118)94(5)6)142(10,121)129-38-53-26-98(31-60(137-53)104-20-46(3)70(110)92-77(104)116)144(12,123)130-39-52-25-97(30-59(136-52)103-19-45(2)69(109)91-76(103)115)143(11,122)127-36-50-23-95(28-57(133-50)101-15-14-55(79)87-74(101)113)141(9,120)128-37-51-24-99(32-61(135-51)105-21-47(4)71(111)93-78(105)117)145(13,124)131-40-54-27-100(33-62(138-54)107-42-85-63-65(80)83-41-84-66(63)107)140(8,119)126-34-48-16-82-17-56(132-48)106-43-86-64-67(106)88-73(81)89-72(64)112/h14-15,18-21,41-43,48-54,56-62,82H,16-17,22-40H2,1-13H3,(H2,79,87,113)(H2,80,83,84)(H,90,108,114)(H,91,109,115)(H,92,110,116)(H,93,111,117)(H3,81,88,89,112). The summed E-state index contributed by atoms with van der Waals surface area (Å²) < 4.78 is 214. The van der Waals surface area contributed by atoms with Crippen LogP contribution >= 0.6 is 52.6 Å². The van der Waals surface area contributed by atoms with E-state index >= 15 is 27.4 Å². The molecule has 16 rings (SSSR count). The molecule has 0 saturated carbocycles. The Kier molecular flexibility index (Phi) is 32.4. The van der Waals surface area contributed by atoms with E-state index in [1.165, 1.54) is 158 Å². The Morgan fingerprint density at radius 3 is 0.993 bits per heavy atom. The largest absolute Gasteiger partial charge is 0.383 e. The van der Waals surface area contributed by atoms with Crippen LogP contribution in [0.1, 0.15) is 65.8 Å². The SMILES string of the molecule is Cc1cn(C2CN(P(C)(=O)OCC3CN(P(C)(=O)OCC4CN(P(C)(=O)OCC5CN(P(C)(=O)OCC6CN(P(C)(=O)OCC7CN(P(C)(=O)OCC8CNCC(n9cnc%10c(=O)[nH]c(N)nc%109)O8)CC(n8cnc9c(N)ncnc98)O7)CC(n7cc(C)c(=O)[nH]c7=O)O6)CC(n6ccc(N)nc6=O)O5)CC(n5cc(C)c(=O)[nH]c5=O)O4)CC(n4cc(C)c(=O)[nH]c4=O)O3)CC(COP(C)(=O)N(C)C)O2)c(=O)[nH]c1=O. The van der Waals surface area contributed by atoms with Gasteiger partial charge in [-0.15, -0.1) is 0 Å². The normalized spacial score (nSPS) is 27.4. The first kappa shape index (κ1) is 108. The van der Waals surface area contributed by atoms with Gasteiger partial charge in [-0.05, 0) is 47.9 Å². The van der Waals surface area contributed by atoms with Gasteiger partial charge in [-0.1, -0.05) is 0 Å². The van der Waals surface area contributed by atoms with E-state index in [-0.39, 0.29) is 160 Å². The van der Waals surface area contributed by atoms with E-state index in [0.717, 1.165) is 22.8 Å². The molecule has 7 saturated heterocycles. The van der Waals surface area contributed by atoms with Crippen LogP contribution in [0.5, 0.6) is 0 Å². The number of H-pyrrole nitrogens is 5. The van der Waals surface area contributed by atoms with Crippen LogP contribution in [0.2, 0.25) is 0 Å². The molecule has 21 atom stereocenters. The number of nitrogens with two attached hydrogens (primary N) is 3. The minimum absolute atomic E-state index is 0.0338. The Labute approximate surface area is 822 Å². The smallest absolute Gasteiger partial charge is 0.351 e. The third-order valence-corrected chi connectivity index (χ3v) is 39.6. The average molecular weight is 2170 g/mol. The number of aromatic nitrogens is 18. The molecule has 21 unspecified atom stereocenters. The third-order valence-electron chi connectivity index (χ3n) is 25.6. The summed E-state index contributed by atoms with van der Waals surface area (Å²) in [4.78, 5) is 169. The minimum Gasteiger partial charge on any atom is -0.383 e. The molecule has 0 bridgehead atoms. The number of imidazole rings is 2. The predicted molar refractivity (Wildman–Crippen MR) is 519 cm³/mol. The van der Waals surface area contributed by atoms with Crippen LogP contribution in [0.4, 0.5) is 17.6 Å². The van der Waals surface area contributed by atoms with Crippen LogP contribution in [0.3, 0.4) is 0 Å². The van der Waals surface area contributed by atoms with Crippen molar-refractivity contribution >= 4 is 92.5 Å². The molecule has 7 aliphatic rings. The Bertz CT molecular complexity index is 7390. The Morgan fingerprint density at radius 2 is 0.655 bits per heavy atom. The quantitative estimate of drug-likeness (QED) is 0.0227. The summed E-state index contributed by atoms with van der Waals surface area (Å²) >= 11 is 0. The number of rotatable bonds is 35. The maximum atomic E-state index is 15.7. The second-order valence-electron chi connectivity index (χ2n) is 36.7. The fourth-order valence-corrected chi connectivity index (χ4v) is 27.0. The molecule has 145 heavy (non-hydrogen) atoms. The van der Waals surface area contributed by atoms with E-state index < -0.39 is 235 Å². The van der Waals surface area contributed by atoms with E-state index in [4.69, 9.17) is 82.0 Å². The lowest BCUT2D eigenvalue weighted by molar-refractivity contribution is -0.131. The molecular weight excluding hydrogens is 2060 g/mol. The van der Waals surface area contributed by atoms with Gasteiger partial charge in [0.25, 0.3) is 80.4 Å². The van der Waals surface area contributed by atoms with Gasteiger partial charge in [0.15, 0.2) is 53.8 Å². The minimum atomic E-state index is -4.31. The average Bonchev–Trinajstić information content (AvgIpc) is 0.927. The van der Waals surface area contributed by atoms with Crippen molar-refractivity contribution in [2.75, 3.05) is 216 Å². The molecule has 0 spiro atoms. The molecule has 7 aliphatic heterocycles. The molecule has 16 heterocycles. The number of hydrogen-bond acceptors (Lipinski definition) is 41. The molecule has 0 amide bonds. The second-order valence-corrected chi connectivity index (χ2v) is 54.0. The molecule has 0 aliphatic carbocycles. The Balaban J connectivity index is 0.612. The third kappa shape index (κ3) is 24.7. The molecule has 9 aromatic rings. The summed E-state index contributed by atoms with van der Waals surface area (Å²) in [5.41, 5.74) is 11.2. The van der Waals surface area contributed by atoms with E-state index in [0.29, 0.717) is 0 Å². The number of hydrogen-bond donors (Lipinski definition) is 9. The van der Waals surface area contributed by atoms with Gasteiger partial charge in [0.2, 0.25) is 5.95 Å². The van der Waals surface area contributed by atoms with Crippen molar-refractivity contribution in [3.63, 3.8) is 0 Å². The fourth-order valence-electron chi connectivity index (χ4n) is 17.2. The van der Waals surface area contributed by atoms with Gasteiger partial charge in [-0.25, -0.2) is 76.6 Å². The highest BCUT2D eigenvalue weighted by Gasteiger charge is 2.49. The lowest BCUT2D eigenvalue weighted by atomic mass is 10.3. The lowest BCUT2D eigenvalue weighted by Gasteiger charge is -2.44. The van der Waals surface area contributed by atoms with Crippen LogP contribution in [0, 0.1) is 27.7 Å². The molecule has 67 heteroatoms. The maximum absolute atomic E-state index is 15.7. The molecule has 12 N–H and O–H groups in total. The summed E-state index contributed by atoms with van der Waals surface area (Å²) in [6.45, 7) is 8.62. The summed E-state index contributed by atoms with van der Waals surface area (Å²) in [5.74, 6) is -0.236. The van der Waals surface area contributed by atoms with Crippen molar-refractivity contribution in [3.8, 4) is 0 Å². The van der Waals surface area contributed by atoms with E-state index in [2.05, 4.69) is 60.1 Å². The molecule has 0 aromatic carbocycles. The molecule has 794 valence electrons. The monoisotopic (exact) mass is 2170 g/mol. The number of morpholine rings is 7. The first-order valence-electron chi connectivity index (χ1n) is 45.6. The summed E-state index contributed by atoms with van der Waals surface area (Å²) in [6, 6.07) is 1.31. The molecule has 9 aromatic heterocycles. The number of nitrogen functional groups attached to an aromatic ring is 3. The Morgan fingerprint density at radius 1 is 0.352 bits per heavy atom. The number of aromatic amines is 5. The fraction of sp³-hybridized carbons (Fsp3) is 0.615. The van der Waals surface area contributed by atoms with Gasteiger partial charge >= 0.3 is 28.4 Å². The van der Waals surface area contributed by atoms with Crippen molar-refractivity contribution in [2.45, 2.75) is 114 Å². The van der Waals surface area contributed by atoms with E-state index in [9.17, 15) is 52.5 Å². The maximum Gasteiger partial charge on any atom is 0.351 e. The van der Waals surface area contributed by atoms with Crippen LogP contribution in [0.25, 0.3) is 22.3 Å². The number of nitrogens with one attached hydrogen (secondary N) is 6. The van der Waals surface area contributed by atoms with Crippen LogP contribution < -0.4 is 78.8 Å². The molecule has 60 nitrogen and oxygen atoms in total. The first-order chi connectivity index (χ1) is 68.2. The molecule has 7 fully saturated rings. The first-order valence-corrected chi connectivity index (χ1v) is 59.7. The van der Waals surface area contributed by atoms with Crippen molar-refractivity contribution in [1.82, 2.24) is 125 Å². The number of ether oxygens (including phenoxy) is 7. The van der Waals surface area contributed by atoms with Gasteiger partial charge in [0.05, 0.1) is 141 Å². The van der Waals surface area contributed by atoms with Crippen LogP contribution in [-0.2, 0) is 96.8 Å². The van der Waals surface area contributed by atoms with E-state index in [1.807, 2.05) is 0 Å². The van der Waals surface area contributed by atoms with Gasteiger partial charge in [-0.3, -0.25) is 113 Å². The summed E-state index contributed by atoms with van der Waals surface area (Å²) in [6.07, 6.45) is -6.06. The number of fused-ring (bicyclic) bond motifs is 2. The number of anilines is 3. The van der Waals surface area contributed by atoms with Crippen molar-refractivity contribution in [1.29, 1.82) is 0 Å². The zero-order chi connectivity index (χ0) is 104. The topological polar surface area (TPSA) is 723 Å². The van der Waals surface area contributed by atoms with Gasteiger partial charge in [0.1, 0.15) is 30.1 Å². The summed E-state index contributed by atoms with van der Waals surface area (Å²) in [5, 5.41) is 3.27. The molecule has 0 radical (unpaired) electrons. The van der Waals surface area contributed by atoms with Gasteiger partial charge < -0.3 is 87.3 Å². The van der Waals surface area contributed by atoms with Crippen LogP contribution in [-0.4, -0.2) is 361 Å². The van der Waals surface area contributed by atoms with Crippen LogP contribution in [0.15, 0.2) is 104 Å². The number of nitrogens with zero attached hydrogens (tertiary/aromatic N) is 20. The number of aryl methyl sites for hydroxylation is 4. The Hall–Kier alpha value is -9.37. The van der Waals surface area contributed by atoms with Gasteiger partial charge in [0, 0.05) is 152 Å². The van der Waals surface area contributed by atoms with Crippen molar-refractivity contribution < 1.29 is 96.8 Å². The summed E-state index contributed by atoms with van der Waals surface area (Å²) in [7, 11) is -25.3. The lowest BCUT2D eigenvalue weighted by Crippen LogP contribution is -2.51. The zero-order valence-corrected chi connectivity index (χ0v) is 87.4.